The minimum absolute atomic E-state index is 0.0135. The summed E-state index contributed by atoms with van der Waals surface area (Å²) in [6, 6.07) is 3.88. The van der Waals surface area contributed by atoms with E-state index in [1.54, 1.807) is 6.92 Å². The number of sulfone groups is 1. The van der Waals surface area contributed by atoms with Crippen LogP contribution in [-0.4, -0.2) is 59.8 Å². The van der Waals surface area contributed by atoms with Crippen LogP contribution >= 0.6 is 11.3 Å². The molecule has 3 rings (SSSR count). The lowest BCUT2D eigenvalue weighted by atomic mass is 9.95. The molecule has 1 saturated carbocycles. The fourth-order valence-corrected chi connectivity index (χ4v) is 5.95. The Balaban J connectivity index is 1.82. The lowest BCUT2D eigenvalue weighted by molar-refractivity contribution is -0.384. The molecule has 35 heavy (non-hydrogen) atoms. The van der Waals surface area contributed by atoms with Gasteiger partial charge in [-0.15, -0.1) is 0 Å². The van der Waals surface area contributed by atoms with E-state index in [0.29, 0.717) is 10.2 Å². The highest BCUT2D eigenvalue weighted by Gasteiger charge is 2.24. The number of ether oxygens (including phenoxy) is 1. The molecule has 0 radical (unpaired) electrons. The van der Waals surface area contributed by atoms with Crippen molar-refractivity contribution in [2.45, 2.75) is 51.6 Å². The summed E-state index contributed by atoms with van der Waals surface area (Å²) in [4.78, 5) is 51.1. The van der Waals surface area contributed by atoms with Crippen molar-refractivity contribution in [3.63, 3.8) is 0 Å². The number of carbonyl (C=O) groups excluding carboxylic acids is 3. The van der Waals surface area contributed by atoms with E-state index in [0.717, 1.165) is 43.4 Å². The molecule has 0 saturated heterocycles. The summed E-state index contributed by atoms with van der Waals surface area (Å²) in [5.74, 6) is -4.11. The molecule has 1 aromatic heterocycles. The van der Waals surface area contributed by atoms with Crippen molar-refractivity contribution in [2.24, 2.45) is 4.99 Å². The van der Waals surface area contributed by atoms with Crippen LogP contribution in [0.15, 0.2) is 23.2 Å². The Kier molecular flexibility index (Phi) is 8.72. The van der Waals surface area contributed by atoms with Crippen molar-refractivity contribution in [1.29, 1.82) is 0 Å². The third-order valence-electron chi connectivity index (χ3n) is 5.35. The number of esters is 1. The highest BCUT2D eigenvalue weighted by molar-refractivity contribution is 7.92. The lowest BCUT2D eigenvalue weighted by Crippen LogP contribution is -2.40. The van der Waals surface area contributed by atoms with E-state index >= 15 is 0 Å². The van der Waals surface area contributed by atoms with Gasteiger partial charge in [-0.2, -0.15) is 4.99 Å². The second-order valence-electron chi connectivity index (χ2n) is 8.13. The summed E-state index contributed by atoms with van der Waals surface area (Å²) < 4.78 is 31.5. The Hall–Kier alpha value is -3.13. The van der Waals surface area contributed by atoms with Crippen LogP contribution in [-0.2, 0) is 35.5 Å². The quantitative estimate of drug-likeness (QED) is 0.291. The predicted molar refractivity (Wildman–Crippen MR) is 127 cm³/mol. The zero-order valence-corrected chi connectivity index (χ0v) is 20.7. The summed E-state index contributed by atoms with van der Waals surface area (Å²) in [5.41, 5.74) is 0.210. The van der Waals surface area contributed by atoms with Crippen molar-refractivity contribution >= 4 is 54.9 Å². The third kappa shape index (κ3) is 7.42. The summed E-state index contributed by atoms with van der Waals surface area (Å²) in [6.07, 6.45) is 4.62. The smallest absolute Gasteiger partial charge is 0.326 e. The monoisotopic (exact) mass is 526 g/mol. The number of hydrogen-bond acceptors (Lipinski definition) is 9. The zero-order chi connectivity index (χ0) is 25.6. The first-order chi connectivity index (χ1) is 16.6. The number of nitro benzene ring substituents is 1. The van der Waals surface area contributed by atoms with Crippen LogP contribution in [0.3, 0.4) is 0 Å². The molecular formula is C21H26N4O8S2. The van der Waals surface area contributed by atoms with E-state index in [1.165, 1.54) is 22.8 Å². The standard InChI is InChI=1S/C21H26N4O8S2/c1-2-33-20(28)11-24-16-9-8-15(25(29)30)10-17(16)34-21(24)23-19(27)13-35(31,32)12-18(26)22-14-6-4-3-5-7-14/h8-10,14H,2-7,11-13H2,1H3,(H,22,26). The average molecular weight is 527 g/mol. The van der Waals surface area contributed by atoms with Gasteiger partial charge in [0, 0.05) is 18.2 Å². The molecule has 1 aliphatic carbocycles. The van der Waals surface area contributed by atoms with Crippen LogP contribution in [0.1, 0.15) is 39.0 Å². The van der Waals surface area contributed by atoms with Crippen molar-refractivity contribution in [1.82, 2.24) is 9.88 Å². The molecule has 2 aromatic rings. The number of non-ortho nitro benzene ring substituents is 1. The maximum absolute atomic E-state index is 12.5. The lowest BCUT2D eigenvalue weighted by Gasteiger charge is -2.22. The molecule has 14 heteroatoms. The predicted octanol–water partition coefficient (Wildman–Crippen LogP) is 1.47. The number of nitrogens with zero attached hydrogens (tertiary/aromatic N) is 3. The first kappa shape index (κ1) is 26.5. The zero-order valence-electron chi connectivity index (χ0n) is 19.1. The van der Waals surface area contributed by atoms with Crippen LogP contribution in [0.4, 0.5) is 5.69 Å². The van der Waals surface area contributed by atoms with Crippen molar-refractivity contribution in [3.8, 4) is 0 Å². The number of fused-ring (bicyclic) bond motifs is 1. The molecule has 1 N–H and O–H groups in total. The number of aromatic nitrogens is 1. The molecule has 0 bridgehead atoms. The van der Waals surface area contributed by atoms with E-state index in [2.05, 4.69) is 10.3 Å². The Morgan fingerprint density at radius 2 is 1.94 bits per heavy atom. The van der Waals surface area contributed by atoms with Gasteiger partial charge < -0.3 is 14.6 Å². The van der Waals surface area contributed by atoms with Crippen LogP contribution in [0.2, 0.25) is 0 Å². The first-order valence-electron chi connectivity index (χ1n) is 11.1. The Morgan fingerprint density at radius 3 is 2.60 bits per heavy atom. The maximum Gasteiger partial charge on any atom is 0.326 e. The molecule has 1 aromatic carbocycles. The van der Waals surface area contributed by atoms with E-state index in [4.69, 9.17) is 4.74 Å². The number of nitrogens with one attached hydrogen (secondary N) is 1. The van der Waals surface area contributed by atoms with Crippen molar-refractivity contribution in [2.75, 3.05) is 18.1 Å². The fourth-order valence-electron chi connectivity index (χ4n) is 3.84. The van der Waals surface area contributed by atoms with Crippen LogP contribution in [0.25, 0.3) is 10.2 Å². The number of thiazole rings is 1. The molecule has 0 unspecified atom stereocenters. The molecule has 1 fully saturated rings. The maximum atomic E-state index is 12.5. The fraction of sp³-hybridized carbons (Fsp3) is 0.524. The number of carbonyl (C=O) groups is 3. The first-order valence-corrected chi connectivity index (χ1v) is 13.7. The van der Waals surface area contributed by atoms with E-state index in [9.17, 15) is 32.9 Å². The van der Waals surface area contributed by atoms with Crippen LogP contribution in [0.5, 0.6) is 0 Å². The average Bonchev–Trinajstić information content (AvgIpc) is 3.09. The highest BCUT2D eigenvalue weighted by Crippen LogP contribution is 2.23. The van der Waals surface area contributed by atoms with Gasteiger partial charge in [-0.05, 0) is 25.8 Å². The summed E-state index contributed by atoms with van der Waals surface area (Å²) in [7, 11) is -4.08. The van der Waals surface area contributed by atoms with Crippen molar-refractivity contribution in [3.05, 3.63) is 33.1 Å². The van der Waals surface area contributed by atoms with Gasteiger partial charge in [0.15, 0.2) is 14.6 Å². The molecule has 0 atom stereocenters. The largest absolute Gasteiger partial charge is 0.465 e. The van der Waals surface area contributed by atoms with E-state index in [1.807, 2.05) is 0 Å². The van der Waals surface area contributed by atoms with Crippen LogP contribution < -0.4 is 10.1 Å². The Bertz CT molecular complexity index is 1310. The van der Waals surface area contributed by atoms with E-state index < -0.39 is 44.0 Å². The van der Waals surface area contributed by atoms with Gasteiger partial charge in [0.25, 0.3) is 11.6 Å². The molecule has 0 aliphatic heterocycles. The normalized spacial score (nSPS) is 15.2. The molecule has 1 heterocycles. The van der Waals surface area contributed by atoms with E-state index in [-0.39, 0.29) is 29.7 Å². The van der Waals surface area contributed by atoms with Gasteiger partial charge >= 0.3 is 5.97 Å². The molecule has 2 amide bonds. The molecule has 12 nitrogen and oxygen atoms in total. The van der Waals surface area contributed by atoms with Gasteiger partial charge in [0.1, 0.15) is 18.1 Å². The summed E-state index contributed by atoms with van der Waals surface area (Å²) in [6.45, 7) is 1.43. The number of amides is 2. The van der Waals surface area contributed by atoms with Gasteiger partial charge in [-0.25, -0.2) is 8.42 Å². The summed E-state index contributed by atoms with van der Waals surface area (Å²) >= 11 is 0.896. The molecule has 190 valence electrons. The summed E-state index contributed by atoms with van der Waals surface area (Å²) in [5, 5.41) is 13.8. The second kappa shape index (κ2) is 11.5. The Labute approximate surface area is 205 Å². The SMILES string of the molecule is CCOC(=O)Cn1c(=NC(=O)CS(=O)(=O)CC(=O)NC2CCCCC2)sc2cc([N+](=O)[O-])ccc21. The van der Waals surface area contributed by atoms with Gasteiger partial charge in [-0.3, -0.25) is 24.5 Å². The topological polar surface area (TPSA) is 167 Å². The number of hydrogen-bond donors (Lipinski definition) is 1. The number of rotatable bonds is 9. The van der Waals surface area contributed by atoms with Gasteiger partial charge in [-0.1, -0.05) is 30.6 Å². The number of nitro groups is 1. The van der Waals surface area contributed by atoms with Gasteiger partial charge in [0.05, 0.1) is 21.7 Å². The van der Waals surface area contributed by atoms with Gasteiger partial charge in [0.2, 0.25) is 5.91 Å². The van der Waals surface area contributed by atoms with Crippen molar-refractivity contribution < 1.29 is 32.5 Å². The molecule has 0 spiro atoms. The third-order valence-corrected chi connectivity index (χ3v) is 7.78. The highest BCUT2D eigenvalue weighted by atomic mass is 32.2. The minimum Gasteiger partial charge on any atom is -0.465 e. The molecule has 1 aliphatic rings. The Morgan fingerprint density at radius 1 is 1.23 bits per heavy atom. The number of benzene rings is 1. The minimum atomic E-state index is -4.08. The van der Waals surface area contributed by atoms with Crippen LogP contribution in [0, 0.1) is 10.1 Å². The second-order valence-corrected chi connectivity index (χ2v) is 11.2. The molecular weight excluding hydrogens is 500 g/mol.